The molecule has 0 aliphatic carbocycles. The molecule has 0 unspecified atom stereocenters. The summed E-state index contributed by atoms with van der Waals surface area (Å²) in [5.74, 6) is -1.05. The number of pyridine rings is 1. The third-order valence-corrected chi connectivity index (χ3v) is 6.73. The van der Waals surface area contributed by atoms with Crippen LogP contribution in [-0.4, -0.2) is 33.6 Å². The summed E-state index contributed by atoms with van der Waals surface area (Å²) in [5.41, 5.74) is 4.10. The van der Waals surface area contributed by atoms with Gasteiger partial charge in [0.05, 0.1) is 22.2 Å². The Balaban J connectivity index is 1.40. The van der Waals surface area contributed by atoms with Gasteiger partial charge in [0, 0.05) is 55.4 Å². The molecule has 5 rings (SSSR count). The van der Waals surface area contributed by atoms with Gasteiger partial charge < -0.3 is 5.32 Å². The zero-order valence-electron chi connectivity index (χ0n) is 19.7. The average Bonchev–Trinajstić information content (AvgIpc) is 3.23. The van der Waals surface area contributed by atoms with Crippen molar-refractivity contribution in [1.29, 1.82) is 5.26 Å². The molecule has 0 radical (unpaired) electrons. The van der Waals surface area contributed by atoms with E-state index in [0.717, 1.165) is 16.6 Å². The van der Waals surface area contributed by atoms with Crippen LogP contribution in [-0.2, 0) is 19.5 Å². The Hall–Kier alpha value is -4.06. The van der Waals surface area contributed by atoms with Crippen molar-refractivity contribution in [2.45, 2.75) is 19.5 Å². The van der Waals surface area contributed by atoms with Gasteiger partial charge in [0.2, 0.25) is 5.95 Å². The van der Waals surface area contributed by atoms with E-state index in [0.29, 0.717) is 48.3 Å². The van der Waals surface area contributed by atoms with E-state index in [1.54, 1.807) is 47.0 Å². The maximum atomic E-state index is 14.2. The minimum atomic E-state index is -0.605. The van der Waals surface area contributed by atoms with Gasteiger partial charge in [0.1, 0.15) is 5.82 Å². The number of hydrogen-bond donors (Lipinski definition) is 1. The van der Waals surface area contributed by atoms with Crippen LogP contribution in [0.3, 0.4) is 0 Å². The third kappa shape index (κ3) is 5.10. The number of aromatic nitrogens is 2. The summed E-state index contributed by atoms with van der Waals surface area (Å²) in [7, 11) is 0. The van der Waals surface area contributed by atoms with E-state index in [9.17, 15) is 18.8 Å². The van der Waals surface area contributed by atoms with E-state index in [2.05, 4.69) is 21.3 Å². The lowest BCUT2D eigenvalue weighted by atomic mass is 10.0. The molecule has 0 saturated carbocycles. The number of nitriles is 1. The molecule has 4 aromatic rings. The van der Waals surface area contributed by atoms with Crippen molar-refractivity contribution in [1.82, 2.24) is 19.8 Å². The molecule has 3 heterocycles. The first-order valence-corrected chi connectivity index (χ1v) is 12.1. The fraction of sp³-hybridized carbons (Fsp3) is 0.179. The zero-order chi connectivity index (χ0) is 25.9. The van der Waals surface area contributed by atoms with Crippen LogP contribution in [0.4, 0.5) is 13.6 Å². The van der Waals surface area contributed by atoms with Gasteiger partial charge >= 0.3 is 6.03 Å². The number of nitrogens with one attached hydrogen (secondary N) is 1. The topological polar surface area (TPSA) is 74.0 Å². The van der Waals surface area contributed by atoms with Crippen molar-refractivity contribution >= 4 is 34.6 Å². The van der Waals surface area contributed by atoms with Gasteiger partial charge in [-0.3, -0.25) is 9.47 Å². The summed E-state index contributed by atoms with van der Waals surface area (Å²) in [6.45, 7) is 1.99. The van der Waals surface area contributed by atoms with Crippen molar-refractivity contribution in [3.63, 3.8) is 0 Å². The van der Waals surface area contributed by atoms with Crippen molar-refractivity contribution < 1.29 is 13.6 Å². The SMILES string of the molecule is N#Cc1ccc2c(c1)c1c(n2C(=O)NCc2ccnc(F)c2)CCN(C/C=C/c2cccc(Cl)c2F)C1. The largest absolute Gasteiger partial charge is 0.333 e. The van der Waals surface area contributed by atoms with Gasteiger partial charge in [-0.2, -0.15) is 9.65 Å². The molecule has 0 fully saturated rings. The summed E-state index contributed by atoms with van der Waals surface area (Å²) in [6.07, 6.45) is 5.57. The van der Waals surface area contributed by atoms with Crippen LogP contribution in [0.5, 0.6) is 0 Å². The number of carbonyl (C=O) groups is 1. The van der Waals surface area contributed by atoms with E-state index in [1.165, 1.54) is 18.3 Å². The lowest BCUT2D eigenvalue weighted by Gasteiger charge is -2.27. The molecule has 0 saturated heterocycles. The van der Waals surface area contributed by atoms with E-state index in [1.807, 2.05) is 6.08 Å². The molecule has 2 aromatic carbocycles. The van der Waals surface area contributed by atoms with Gasteiger partial charge in [-0.25, -0.2) is 14.2 Å². The van der Waals surface area contributed by atoms with Crippen molar-refractivity contribution in [3.8, 4) is 6.07 Å². The standard InChI is InChI=1S/C28H22ClF2N5O/c29-23-5-1-3-20(27(23)31)4-2-11-35-12-9-25-22(17-35)21-13-18(15-32)6-7-24(21)36(25)28(37)34-16-19-8-10-33-26(30)14-19/h1-8,10,13-14H,9,11-12,16-17H2,(H,34,37)/b4-2+. The number of fused-ring (bicyclic) bond motifs is 3. The molecule has 1 amide bonds. The third-order valence-electron chi connectivity index (χ3n) is 6.44. The molecular formula is C28H22ClF2N5O. The predicted molar refractivity (Wildman–Crippen MR) is 138 cm³/mol. The Kier molecular flexibility index (Phi) is 6.99. The predicted octanol–water partition coefficient (Wildman–Crippen LogP) is 5.67. The maximum Gasteiger partial charge on any atom is 0.326 e. The van der Waals surface area contributed by atoms with Crippen LogP contribution in [0.1, 0.15) is 27.9 Å². The van der Waals surface area contributed by atoms with E-state index in [4.69, 9.17) is 11.6 Å². The molecule has 1 aliphatic rings. The van der Waals surface area contributed by atoms with Crippen LogP contribution in [0.15, 0.2) is 60.8 Å². The molecule has 0 atom stereocenters. The second-order valence-electron chi connectivity index (χ2n) is 8.78. The quantitative estimate of drug-likeness (QED) is 0.346. The molecule has 0 spiro atoms. The molecule has 1 aliphatic heterocycles. The summed E-state index contributed by atoms with van der Waals surface area (Å²) in [6, 6.07) is 14.9. The average molecular weight is 518 g/mol. The second-order valence-corrected chi connectivity index (χ2v) is 9.19. The fourth-order valence-electron chi connectivity index (χ4n) is 4.66. The van der Waals surface area contributed by atoms with Gasteiger partial charge in [-0.1, -0.05) is 35.9 Å². The van der Waals surface area contributed by atoms with Crippen LogP contribution in [0.2, 0.25) is 5.02 Å². The zero-order valence-corrected chi connectivity index (χ0v) is 20.5. The first-order valence-electron chi connectivity index (χ1n) is 11.7. The molecule has 0 bridgehead atoms. The van der Waals surface area contributed by atoms with E-state index in [-0.39, 0.29) is 17.6 Å². The lowest BCUT2D eigenvalue weighted by Crippen LogP contribution is -2.34. The second kappa shape index (κ2) is 10.5. The number of amides is 1. The van der Waals surface area contributed by atoms with Gasteiger partial charge in [0.25, 0.3) is 0 Å². The molecule has 9 heteroatoms. The Morgan fingerprint density at radius 2 is 2.08 bits per heavy atom. The Morgan fingerprint density at radius 3 is 2.89 bits per heavy atom. The van der Waals surface area contributed by atoms with E-state index < -0.39 is 11.8 Å². The highest BCUT2D eigenvalue weighted by molar-refractivity contribution is 6.30. The molecule has 186 valence electrons. The number of rotatable bonds is 5. The van der Waals surface area contributed by atoms with Gasteiger partial charge in [0.15, 0.2) is 0 Å². The molecule has 1 N–H and O–H groups in total. The Morgan fingerprint density at radius 1 is 1.22 bits per heavy atom. The highest BCUT2D eigenvalue weighted by Gasteiger charge is 2.26. The summed E-state index contributed by atoms with van der Waals surface area (Å²) < 4.78 is 29.3. The van der Waals surface area contributed by atoms with Gasteiger partial charge in [-0.05, 0) is 47.5 Å². The number of nitrogens with zero attached hydrogens (tertiary/aromatic N) is 4. The van der Waals surface area contributed by atoms with Crippen molar-refractivity contribution in [2.24, 2.45) is 0 Å². The van der Waals surface area contributed by atoms with Crippen LogP contribution >= 0.6 is 11.6 Å². The number of benzene rings is 2. The monoisotopic (exact) mass is 517 g/mol. The van der Waals surface area contributed by atoms with Crippen LogP contribution < -0.4 is 5.32 Å². The highest BCUT2D eigenvalue weighted by Crippen LogP contribution is 2.32. The van der Waals surface area contributed by atoms with Crippen LogP contribution in [0, 0.1) is 23.1 Å². The molecule has 6 nitrogen and oxygen atoms in total. The highest BCUT2D eigenvalue weighted by atomic mass is 35.5. The van der Waals surface area contributed by atoms with Gasteiger partial charge in [-0.15, -0.1) is 0 Å². The number of hydrogen-bond acceptors (Lipinski definition) is 4. The first kappa shape index (κ1) is 24.6. The molecule has 37 heavy (non-hydrogen) atoms. The first-order chi connectivity index (χ1) is 17.9. The molecular weight excluding hydrogens is 496 g/mol. The summed E-state index contributed by atoms with van der Waals surface area (Å²) >= 11 is 5.87. The van der Waals surface area contributed by atoms with Crippen molar-refractivity contribution in [3.05, 3.63) is 106 Å². The summed E-state index contributed by atoms with van der Waals surface area (Å²) in [4.78, 5) is 19.0. The number of carbonyl (C=O) groups excluding carboxylic acids is 1. The minimum absolute atomic E-state index is 0.0817. The summed E-state index contributed by atoms with van der Waals surface area (Å²) in [5, 5.41) is 13.2. The Labute approximate surface area is 217 Å². The lowest BCUT2D eigenvalue weighted by molar-refractivity contribution is 0.240. The smallest absolute Gasteiger partial charge is 0.326 e. The Bertz CT molecular complexity index is 1570. The van der Waals surface area contributed by atoms with E-state index >= 15 is 0 Å². The maximum absolute atomic E-state index is 14.2. The van der Waals surface area contributed by atoms with Crippen molar-refractivity contribution in [2.75, 3.05) is 13.1 Å². The normalized spacial score (nSPS) is 13.6. The fourth-order valence-corrected chi connectivity index (χ4v) is 4.84. The van der Waals surface area contributed by atoms with Crippen LogP contribution in [0.25, 0.3) is 17.0 Å². The minimum Gasteiger partial charge on any atom is -0.333 e. The molecule has 2 aromatic heterocycles. The number of halogens is 3.